The molecule has 5 atom stereocenters. The third-order valence-electron chi connectivity index (χ3n) is 8.63. The number of amides is 4. The van der Waals surface area contributed by atoms with Crippen LogP contribution in [0.1, 0.15) is 88.7 Å². The molecule has 0 saturated carbocycles. The molecule has 4 fully saturated rings. The number of nitrogens with zero attached hydrogens (tertiary/aromatic N) is 2. The zero-order chi connectivity index (χ0) is 35.6. The van der Waals surface area contributed by atoms with E-state index in [0.29, 0.717) is 52.3 Å². The molecule has 0 aliphatic carbocycles. The monoisotopic (exact) mass is 735 g/mol. The Labute approximate surface area is 299 Å². The van der Waals surface area contributed by atoms with Gasteiger partial charge in [-0.05, 0) is 43.0 Å². The summed E-state index contributed by atoms with van der Waals surface area (Å²) in [6, 6.07) is 6.47. The van der Waals surface area contributed by atoms with Crippen molar-refractivity contribution in [3.05, 3.63) is 29.3 Å². The second-order valence-corrected chi connectivity index (χ2v) is 15.0. The first-order chi connectivity index (χ1) is 24.0. The Morgan fingerprint density at radius 2 is 1.50 bits per heavy atom. The van der Waals surface area contributed by atoms with Crippen LogP contribution in [0.3, 0.4) is 0 Å². The lowest BCUT2D eigenvalue weighted by Crippen LogP contribution is -2.54. The molecule has 4 amide bonds. The van der Waals surface area contributed by atoms with Crippen LogP contribution in [0.25, 0.3) is 0 Å². The van der Waals surface area contributed by atoms with Crippen LogP contribution < -0.4 is 16.0 Å². The molecule has 50 heavy (non-hydrogen) atoms. The average molecular weight is 736 g/mol. The highest BCUT2D eigenvalue weighted by molar-refractivity contribution is 7.98. The molecule has 0 bridgehead atoms. The highest BCUT2D eigenvalue weighted by Gasteiger charge is 2.46. The highest BCUT2D eigenvalue weighted by atomic mass is 32.2. The van der Waals surface area contributed by atoms with Crippen molar-refractivity contribution in [2.24, 2.45) is 0 Å². The van der Waals surface area contributed by atoms with Crippen LogP contribution >= 0.6 is 23.5 Å². The van der Waals surface area contributed by atoms with Crippen molar-refractivity contribution in [2.45, 2.75) is 120 Å². The Morgan fingerprint density at radius 3 is 2.14 bits per heavy atom. The molecular formula is C33H45N5O10S2. The minimum Gasteiger partial charge on any atom is -0.370 e. The van der Waals surface area contributed by atoms with E-state index < -0.39 is 35.9 Å². The third kappa shape index (κ3) is 11.4. The standard InChI is InChI=1S/C33H45N5O10S2/c1-20-24(36-33-32(34-20)46-33)5-3-2-4-6-25(39)35-23-16-21(18-49-13-11-30(44)47-37-26(40)7-8-27(37)41)15-22(17-23)19-50-14-12-31(45)48-38-28(42)9-10-29(38)43/h15-17,20,24,26,32-34,36,40H,2-14,18-19H2,1H3,(H,35,39). The molecule has 274 valence electrons. The van der Waals surface area contributed by atoms with Crippen LogP contribution in [0.4, 0.5) is 5.69 Å². The van der Waals surface area contributed by atoms with Gasteiger partial charge in [-0.2, -0.15) is 23.5 Å². The zero-order valence-electron chi connectivity index (χ0n) is 28.1. The number of aliphatic hydroxyl groups excluding tert-OH is 1. The van der Waals surface area contributed by atoms with Gasteiger partial charge in [0.2, 0.25) is 5.91 Å². The average Bonchev–Trinajstić information content (AvgIpc) is 3.67. The Morgan fingerprint density at radius 1 is 0.860 bits per heavy atom. The molecule has 0 radical (unpaired) electrons. The van der Waals surface area contributed by atoms with Gasteiger partial charge in [-0.15, -0.1) is 10.1 Å². The maximum absolute atomic E-state index is 12.9. The number of epoxide rings is 1. The maximum Gasteiger partial charge on any atom is 0.334 e. The number of hydrogen-bond donors (Lipinski definition) is 4. The van der Waals surface area contributed by atoms with E-state index in [2.05, 4.69) is 22.9 Å². The number of imide groups is 1. The van der Waals surface area contributed by atoms with Gasteiger partial charge in [-0.3, -0.25) is 29.8 Å². The second-order valence-electron chi connectivity index (χ2n) is 12.7. The fourth-order valence-electron chi connectivity index (χ4n) is 5.89. The van der Waals surface area contributed by atoms with E-state index in [0.717, 1.165) is 41.9 Å². The van der Waals surface area contributed by atoms with Crippen molar-refractivity contribution in [2.75, 3.05) is 16.8 Å². The molecule has 4 N–H and O–H groups in total. The number of carbonyl (C=O) groups excluding carboxylic acids is 6. The number of hydroxylamine groups is 4. The Bertz CT molecular complexity index is 1420. The molecule has 5 rings (SSSR count). The van der Waals surface area contributed by atoms with Gasteiger partial charge in [0.15, 0.2) is 18.7 Å². The Balaban J connectivity index is 1.07. The van der Waals surface area contributed by atoms with Gasteiger partial charge in [-0.25, -0.2) is 9.59 Å². The molecule has 4 aliphatic heterocycles. The molecule has 4 saturated heterocycles. The van der Waals surface area contributed by atoms with E-state index in [1.165, 1.54) is 23.5 Å². The lowest BCUT2D eigenvalue weighted by Gasteiger charge is -2.28. The summed E-state index contributed by atoms with van der Waals surface area (Å²) in [5.41, 5.74) is 2.50. The van der Waals surface area contributed by atoms with Gasteiger partial charge in [-0.1, -0.05) is 18.9 Å². The predicted octanol–water partition coefficient (Wildman–Crippen LogP) is 2.46. The molecule has 15 nitrogen and oxygen atoms in total. The largest absolute Gasteiger partial charge is 0.370 e. The number of rotatable bonds is 19. The molecular weight excluding hydrogens is 691 g/mol. The molecule has 0 aromatic heterocycles. The van der Waals surface area contributed by atoms with E-state index in [9.17, 15) is 33.9 Å². The smallest absolute Gasteiger partial charge is 0.334 e. The minimum absolute atomic E-state index is 0.0120. The molecule has 5 unspecified atom stereocenters. The van der Waals surface area contributed by atoms with E-state index >= 15 is 0 Å². The number of thioether (sulfide) groups is 2. The number of anilines is 1. The minimum atomic E-state index is -1.11. The van der Waals surface area contributed by atoms with Crippen molar-refractivity contribution in [1.29, 1.82) is 0 Å². The number of nitrogens with one attached hydrogen (secondary N) is 3. The highest BCUT2D eigenvalue weighted by Crippen LogP contribution is 2.26. The van der Waals surface area contributed by atoms with Gasteiger partial charge in [0.1, 0.15) is 0 Å². The molecule has 0 spiro atoms. The number of carbonyl (C=O) groups is 6. The number of hydrogen-bond acceptors (Lipinski definition) is 14. The van der Waals surface area contributed by atoms with Crippen molar-refractivity contribution in [1.82, 2.24) is 20.8 Å². The quantitative estimate of drug-likeness (QED) is 0.0919. The van der Waals surface area contributed by atoms with Gasteiger partial charge < -0.3 is 24.8 Å². The van der Waals surface area contributed by atoms with Crippen LogP contribution in [-0.2, 0) is 54.7 Å². The SMILES string of the molecule is CC1NC2OC2NC1CCCCCC(=O)Nc1cc(CSCCC(=O)ON2C(=O)CCC2=O)cc(CSCCC(=O)ON2C(=O)CCC2O)c1. The summed E-state index contributed by atoms with van der Waals surface area (Å²) in [6.07, 6.45) is 3.73. The molecule has 1 aromatic rings. The van der Waals surface area contributed by atoms with E-state index in [4.69, 9.17) is 14.4 Å². The van der Waals surface area contributed by atoms with Gasteiger partial charge in [0, 0.05) is 72.9 Å². The van der Waals surface area contributed by atoms with E-state index in [1.54, 1.807) is 0 Å². The summed E-state index contributed by atoms with van der Waals surface area (Å²) in [5.74, 6) is -0.922. The first kappa shape index (κ1) is 38.0. The number of benzene rings is 1. The van der Waals surface area contributed by atoms with Crippen LogP contribution in [0.2, 0.25) is 0 Å². The fraction of sp³-hybridized carbons (Fsp3) is 0.636. The summed E-state index contributed by atoms with van der Waals surface area (Å²) in [7, 11) is 0. The summed E-state index contributed by atoms with van der Waals surface area (Å²) in [6.45, 7) is 2.15. The van der Waals surface area contributed by atoms with Gasteiger partial charge in [0.05, 0.1) is 12.8 Å². The Kier molecular flexibility index (Phi) is 13.9. The van der Waals surface area contributed by atoms with E-state index in [-0.39, 0.29) is 56.9 Å². The summed E-state index contributed by atoms with van der Waals surface area (Å²) >= 11 is 2.96. The van der Waals surface area contributed by atoms with Crippen LogP contribution in [0.15, 0.2) is 18.2 Å². The first-order valence-corrected chi connectivity index (χ1v) is 19.4. The lowest BCUT2D eigenvalue weighted by atomic mass is 10.00. The van der Waals surface area contributed by atoms with Gasteiger partial charge >= 0.3 is 11.9 Å². The predicted molar refractivity (Wildman–Crippen MR) is 183 cm³/mol. The van der Waals surface area contributed by atoms with Crippen LogP contribution in [0.5, 0.6) is 0 Å². The molecule has 4 aliphatic rings. The second kappa shape index (κ2) is 18.3. The summed E-state index contributed by atoms with van der Waals surface area (Å²) in [5, 5.41) is 21.0. The van der Waals surface area contributed by atoms with Crippen molar-refractivity contribution in [3.8, 4) is 0 Å². The van der Waals surface area contributed by atoms with E-state index in [1.807, 2.05) is 18.2 Å². The number of aliphatic hydroxyl groups is 1. The van der Waals surface area contributed by atoms with Crippen molar-refractivity contribution in [3.63, 3.8) is 0 Å². The number of ether oxygens (including phenoxy) is 1. The fourth-order valence-corrected chi connectivity index (χ4v) is 7.61. The summed E-state index contributed by atoms with van der Waals surface area (Å²) < 4.78 is 5.49. The van der Waals surface area contributed by atoms with Crippen LogP contribution in [0, 0.1) is 0 Å². The Hall–Kier alpha value is -3.22. The van der Waals surface area contributed by atoms with Crippen molar-refractivity contribution < 1.29 is 48.3 Å². The van der Waals surface area contributed by atoms with Crippen LogP contribution in [-0.4, -0.2) is 93.1 Å². The zero-order valence-corrected chi connectivity index (χ0v) is 29.7. The number of piperazine rings is 1. The molecule has 17 heteroatoms. The lowest BCUT2D eigenvalue weighted by molar-refractivity contribution is -0.220. The molecule has 4 heterocycles. The maximum atomic E-state index is 12.9. The van der Waals surface area contributed by atoms with Gasteiger partial charge in [0.25, 0.3) is 17.7 Å². The normalized spacial score (nSPS) is 24.4. The summed E-state index contributed by atoms with van der Waals surface area (Å²) in [4.78, 5) is 82.4. The topological polar surface area (TPSA) is 196 Å². The van der Waals surface area contributed by atoms with Crippen molar-refractivity contribution >= 4 is 64.8 Å². The number of unbranched alkanes of at least 4 members (excludes halogenated alkanes) is 2. The molecule has 1 aromatic carbocycles. The third-order valence-corrected chi connectivity index (χ3v) is 10.7. The first-order valence-electron chi connectivity index (χ1n) is 17.1. The number of fused-ring (bicyclic) bond motifs is 1.